The normalized spacial score (nSPS) is 10.6. The van der Waals surface area contributed by atoms with Crippen LogP contribution in [0.15, 0.2) is 16.9 Å². The van der Waals surface area contributed by atoms with Gasteiger partial charge in [0.05, 0.1) is 5.39 Å². The average molecular weight is 166 g/mol. The van der Waals surface area contributed by atoms with Gasteiger partial charge in [0.25, 0.3) is 5.56 Å². The number of hydrogen-bond acceptors (Lipinski definition) is 3. The Morgan fingerprint density at radius 3 is 3.18 bits per heavy atom. The second-order valence-electron chi connectivity index (χ2n) is 2.34. The molecule has 0 aliphatic carbocycles. The highest BCUT2D eigenvalue weighted by atomic mass is 32.1. The summed E-state index contributed by atoms with van der Waals surface area (Å²) in [5.41, 5.74) is 0.894. The lowest BCUT2D eigenvalue weighted by Crippen LogP contribution is -1.96. The van der Waals surface area contributed by atoms with Gasteiger partial charge in [0.15, 0.2) is 0 Å². The van der Waals surface area contributed by atoms with E-state index in [1.54, 1.807) is 6.07 Å². The number of pyridine rings is 1. The number of fused-ring (bicyclic) bond motifs is 1. The van der Waals surface area contributed by atoms with Crippen molar-refractivity contribution in [3.8, 4) is 0 Å². The summed E-state index contributed by atoms with van der Waals surface area (Å²) in [6.07, 6.45) is 0. The van der Waals surface area contributed by atoms with Gasteiger partial charge in [-0.1, -0.05) is 0 Å². The van der Waals surface area contributed by atoms with Crippen molar-refractivity contribution >= 4 is 21.7 Å². The van der Waals surface area contributed by atoms with Gasteiger partial charge in [-0.2, -0.15) is 0 Å². The second kappa shape index (κ2) is 2.17. The van der Waals surface area contributed by atoms with Crippen LogP contribution in [-0.2, 0) is 0 Å². The van der Waals surface area contributed by atoms with Crippen LogP contribution in [0.5, 0.6) is 0 Å². The van der Waals surface area contributed by atoms with Crippen molar-refractivity contribution in [2.45, 2.75) is 6.92 Å². The third-order valence-electron chi connectivity index (χ3n) is 1.48. The van der Waals surface area contributed by atoms with Crippen LogP contribution < -0.4 is 5.56 Å². The molecule has 0 saturated heterocycles. The molecule has 56 valence electrons. The minimum absolute atomic E-state index is 0.0440. The highest BCUT2D eigenvalue weighted by molar-refractivity contribution is 7.12. The molecule has 1 N–H and O–H groups in total. The number of hydrogen-bond donors (Lipinski definition) is 1. The van der Waals surface area contributed by atoms with Crippen LogP contribution in [0.2, 0.25) is 0 Å². The van der Waals surface area contributed by atoms with Crippen molar-refractivity contribution in [1.82, 2.24) is 9.36 Å². The first-order chi connectivity index (χ1) is 5.27. The zero-order chi connectivity index (χ0) is 7.84. The lowest BCUT2D eigenvalue weighted by atomic mass is 10.3. The first kappa shape index (κ1) is 6.54. The minimum Gasteiger partial charge on any atom is -0.275 e. The highest BCUT2D eigenvalue weighted by Crippen LogP contribution is 2.10. The van der Waals surface area contributed by atoms with Crippen LogP contribution in [0.4, 0.5) is 0 Å². The molecule has 4 heteroatoms. The van der Waals surface area contributed by atoms with Crippen molar-refractivity contribution < 1.29 is 0 Å². The predicted octanol–water partition coefficient (Wildman–Crippen LogP) is 1.29. The van der Waals surface area contributed by atoms with Gasteiger partial charge >= 0.3 is 0 Å². The zero-order valence-electron chi connectivity index (χ0n) is 5.92. The Kier molecular flexibility index (Phi) is 1.29. The third-order valence-corrected chi connectivity index (χ3v) is 2.28. The maximum atomic E-state index is 11.0. The average Bonchev–Trinajstić information content (AvgIpc) is 2.32. The van der Waals surface area contributed by atoms with Gasteiger partial charge < -0.3 is 0 Å². The molecule has 0 unspecified atom stereocenters. The van der Waals surface area contributed by atoms with Gasteiger partial charge in [-0.15, -0.1) is 0 Å². The molecule has 2 aromatic rings. The zero-order valence-corrected chi connectivity index (χ0v) is 6.73. The summed E-state index contributed by atoms with van der Waals surface area (Å²) in [4.78, 5) is 16.0. The van der Waals surface area contributed by atoms with Gasteiger partial charge in [-0.3, -0.25) is 9.17 Å². The summed E-state index contributed by atoms with van der Waals surface area (Å²) in [5.74, 6) is 0. The maximum absolute atomic E-state index is 11.0. The van der Waals surface area contributed by atoms with E-state index in [9.17, 15) is 4.79 Å². The number of H-pyrrole nitrogens is 1. The van der Waals surface area contributed by atoms with Gasteiger partial charge in [-0.05, 0) is 30.6 Å². The van der Waals surface area contributed by atoms with Crippen molar-refractivity contribution in [1.29, 1.82) is 0 Å². The van der Waals surface area contributed by atoms with Gasteiger partial charge in [-0.25, -0.2) is 4.98 Å². The first-order valence-electron chi connectivity index (χ1n) is 3.22. The molecule has 0 aliphatic rings. The topological polar surface area (TPSA) is 45.8 Å². The smallest absolute Gasteiger partial charge is 0.267 e. The van der Waals surface area contributed by atoms with Crippen molar-refractivity contribution in [3.63, 3.8) is 0 Å². The summed E-state index contributed by atoms with van der Waals surface area (Å²) in [6, 6.07) is 3.64. The molecule has 0 spiro atoms. The number of rotatable bonds is 0. The molecule has 0 bridgehead atoms. The van der Waals surface area contributed by atoms with E-state index in [2.05, 4.69) is 9.36 Å². The van der Waals surface area contributed by atoms with Gasteiger partial charge in [0, 0.05) is 5.69 Å². The Hall–Kier alpha value is -1.16. The van der Waals surface area contributed by atoms with Crippen molar-refractivity contribution in [2.24, 2.45) is 0 Å². The van der Waals surface area contributed by atoms with Crippen LogP contribution in [0.1, 0.15) is 5.69 Å². The summed E-state index contributed by atoms with van der Waals surface area (Å²) >= 11 is 1.28. The van der Waals surface area contributed by atoms with Crippen LogP contribution in [0.3, 0.4) is 0 Å². The van der Waals surface area contributed by atoms with E-state index in [4.69, 9.17) is 0 Å². The Morgan fingerprint density at radius 1 is 1.55 bits per heavy atom. The van der Waals surface area contributed by atoms with Crippen LogP contribution >= 0.6 is 11.5 Å². The van der Waals surface area contributed by atoms with Crippen molar-refractivity contribution in [2.75, 3.05) is 0 Å². The van der Waals surface area contributed by atoms with E-state index in [-0.39, 0.29) is 5.56 Å². The Balaban J connectivity index is 2.97. The molecule has 3 nitrogen and oxygen atoms in total. The van der Waals surface area contributed by atoms with E-state index >= 15 is 0 Å². The van der Waals surface area contributed by atoms with E-state index in [0.717, 1.165) is 10.5 Å². The fourth-order valence-electron chi connectivity index (χ4n) is 0.933. The number of aryl methyl sites for hydroxylation is 1. The quantitative estimate of drug-likeness (QED) is 0.641. The van der Waals surface area contributed by atoms with Crippen LogP contribution in [0.25, 0.3) is 10.2 Å². The Bertz CT molecular complexity index is 443. The fraction of sp³-hybridized carbons (Fsp3) is 0.143. The third kappa shape index (κ3) is 0.952. The van der Waals surface area contributed by atoms with Gasteiger partial charge in [0.2, 0.25) is 0 Å². The minimum atomic E-state index is -0.0440. The van der Waals surface area contributed by atoms with Crippen LogP contribution in [-0.4, -0.2) is 9.36 Å². The Morgan fingerprint density at radius 2 is 2.36 bits per heavy atom. The summed E-state index contributed by atoms with van der Waals surface area (Å²) < 4.78 is 2.63. The summed E-state index contributed by atoms with van der Waals surface area (Å²) in [6.45, 7) is 1.91. The molecule has 0 saturated carbocycles. The second-order valence-corrected chi connectivity index (χ2v) is 3.13. The first-order valence-corrected chi connectivity index (χ1v) is 4.04. The lowest BCUT2D eigenvalue weighted by Gasteiger charge is -1.87. The van der Waals surface area contributed by atoms with Gasteiger partial charge in [0.1, 0.15) is 4.83 Å². The number of nitrogens with one attached hydrogen (secondary N) is 1. The van der Waals surface area contributed by atoms with E-state index in [0.29, 0.717) is 5.39 Å². The molecule has 0 aliphatic heterocycles. The highest BCUT2D eigenvalue weighted by Gasteiger charge is 2.00. The molecular formula is C7H6N2OS. The molecule has 2 heterocycles. The SMILES string of the molecule is Cc1ccc2c(=O)[nH]sc2n1. The molecule has 11 heavy (non-hydrogen) atoms. The predicted molar refractivity (Wildman–Crippen MR) is 45.0 cm³/mol. The molecule has 0 fully saturated rings. The number of aromatic nitrogens is 2. The fourth-order valence-corrected chi connectivity index (χ4v) is 1.69. The monoisotopic (exact) mass is 166 g/mol. The van der Waals surface area contributed by atoms with E-state index in [1.165, 1.54) is 11.5 Å². The molecule has 0 amide bonds. The molecule has 0 radical (unpaired) electrons. The molecule has 0 atom stereocenters. The molecular weight excluding hydrogens is 160 g/mol. The summed E-state index contributed by atoms with van der Waals surface area (Å²) in [5, 5.41) is 0.681. The van der Waals surface area contributed by atoms with Crippen LogP contribution in [0, 0.1) is 6.92 Å². The summed E-state index contributed by atoms with van der Waals surface area (Å²) in [7, 11) is 0. The standard InChI is InChI=1S/C7H6N2OS/c1-4-2-3-5-6(10)9-11-7(5)8-4/h2-3H,1H3,(H,9,10). The lowest BCUT2D eigenvalue weighted by molar-refractivity contribution is 1.27. The molecule has 2 aromatic heterocycles. The largest absolute Gasteiger partial charge is 0.275 e. The maximum Gasteiger partial charge on any atom is 0.267 e. The van der Waals surface area contributed by atoms with Crippen molar-refractivity contribution in [3.05, 3.63) is 28.2 Å². The Labute approximate surface area is 66.9 Å². The number of aromatic amines is 1. The van der Waals surface area contributed by atoms with E-state index in [1.807, 2.05) is 13.0 Å². The number of nitrogens with zero attached hydrogens (tertiary/aromatic N) is 1. The molecule has 2 rings (SSSR count). The van der Waals surface area contributed by atoms with E-state index < -0.39 is 0 Å². The molecule has 0 aromatic carbocycles.